The van der Waals surface area contributed by atoms with Crippen molar-refractivity contribution in [2.24, 2.45) is 5.92 Å². The highest BCUT2D eigenvalue weighted by Gasteiger charge is 2.26. The van der Waals surface area contributed by atoms with Crippen LogP contribution >= 0.6 is 0 Å². The molecule has 2 amide bonds. The van der Waals surface area contributed by atoms with E-state index in [4.69, 9.17) is 4.74 Å². The van der Waals surface area contributed by atoms with Crippen LogP contribution in [0.2, 0.25) is 0 Å². The van der Waals surface area contributed by atoms with Crippen LogP contribution in [0.1, 0.15) is 41.0 Å². The van der Waals surface area contributed by atoms with Gasteiger partial charge in [-0.1, -0.05) is 32.4 Å². The molecule has 0 radical (unpaired) electrons. The number of para-hydroxylation sites is 1. The average Bonchev–Trinajstić information content (AvgIpc) is 2.71. The number of carboxylic acid groups (broad SMARTS) is 1. The molecule has 0 saturated heterocycles. The van der Waals surface area contributed by atoms with E-state index in [0.717, 1.165) is 0 Å². The number of benzene rings is 2. The summed E-state index contributed by atoms with van der Waals surface area (Å²) >= 11 is 0. The molecule has 0 aliphatic heterocycles. The van der Waals surface area contributed by atoms with Crippen LogP contribution in [0.15, 0.2) is 48.5 Å². The largest absolute Gasteiger partial charge is 0.497 e. The molecule has 7 heteroatoms. The molecule has 0 aliphatic carbocycles. The Bertz CT molecular complexity index is 848. The van der Waals surface area contributed by atoms with Gasteiger partial charge < -0.3 is 20.5 Å². The van der Waals surface area contributed by atoms with Gasteiger partial charge in [-0.15, -0.1) is 0 Å². The van der Waals surface area contributed by atoms with E-state index in [1.807, 2.05) is 6.92 Å². The maximum absolute atomic E-state index is 12.7. The van der Waals surface area contributed by atoms with Crippen LogP contribution in [0, 0.1) is 5.92 Å². The van der Waals surface area contributed by atoms with Crippen LogP contribution in [0.25, 0.3) is 0 Å². The molecule has 0 aliphatic rings. The first-order chi connectivity index (χ1) is 13.4. The molecule has 0 saturated carbocycles. The second-order valence-electron chi connectivity index (χ2n) is 6.40. The van der Waals surface area contributed by atoms with Gasteiger partial charge in [0.15, 0.2) is 0 Å². The minimum Gasteiger partial charge on any atom is -0.497 e. The second-order valence-corrected chi connectivity index (χ2v) is 6.40. The molecular formula is C21H24N2O5. The topological polar surface area (TPSA) is 105 Å². The minimum atomic E-state index is -1.09. The highest BCUT2D eigenvalue weighted by molar-refractivity contribution is 6.09. The Kier molecular flexibility index (Phi) is 7.14. The summed E-state index contributed by atoms with van der Waals surface area (Å²) in [6, 6.07) is 12.0. The van der Waals surface area contributed by atoms with Crippen LogP contribution in [0.3, 0.4) is 0 Å². The van der Waals surface area contributed by atoms with Gasteiger partial charge in [0.2, 0.25) is 0 Å². The third-order valence-electron chi connectivity index (χ3n) is 4.54. The smallest absolute Gasteiger partial charge is 0.326 e. The lowest BCUT2D eigenvalue weighted by Crippen LogP contribution is -2.45. The van der Waals surface area contributed by atoms with E-state index >= 15 is 0 Å². The van der Waals surface area contributed by atoms with Crippen molar-refractivity contribution in [3.8, 4) is 5.75 Å². The number of rotatable bonds is 8. The SMILES string of the molecule is CC[C@H](C)[C@H](NC(=O)c1ccccc1NC(=O)c1ccc(OC)cc1)C(=O)O. The molecule has 0 unspecified atom stereocenters. The maximum Gasteiger partial charge on any atom is 0.326 e. The number of carboxylic acids is 1. The first-order valence-corrected chi connectivity index (χ1v) is 8.95. The van der Waals surface area contributed by atoms with Crippen LogP contribution < -0.4 is 15.4 Å². The molecule has 2 atom stereocenters. The van der Waals surface area contributed by atoms with Crippen molar-refractivity contribution in [2.45, 2.75) is 26.3 Å². The third kappa shape index (κ3) is 5.09. The molecule has 7 nitrogen and oxygen atoms in total. The third-order valence-corrected chi connectivity index (χ3v) is 4.54. The number of methoxy groups -OCH3 is 1. The van der Waals surface area contributed by atoms with Gasteiger partial charge >= 0.3 is 5.97 Å². The monoisotopic (exact) mass is 384 g/mol. The number of carbonyl (C=O) groups excluding carboxylic acids is 2. The summed E-state index contributed by atoms with van der Waals surface area (Å²) in [6.45, 7) is 3.62. The Morgan fingerprint density at radius 1 is 1.04 bits per heavy atom. The first kappa shape index (κ1) is 21.0. The fourth-order valence-corrected chi connectivity index (χ4v) is 2.63. The second kappa shape index (κ2) is 9.55. The van der Waals surface area contributed by atoms with Gasteiger partial charge in [0.25, 0.3) is 11.8 Å². The Labute approximate surface area is 163 Å². The van der Waals surface area contributed by atoms with E-state index < -0.39 is 17.9 Å². The zero-order chi connectivity index (χ0) is 20.7. The summed E-state index contributed by atoms with van der Waals surface area (Å²) in [5.74, 6) is -1.65. The normalized spacial score (nSPS) is 12.5. The lowest BCUT2D eigenvalue weighted by Gasteiger charge is -2.21. The summed E-state index contributed by atoms with van der Waals surface area (Å²) in [5, 5.41) is 14.6. The summed E-state index contributed by atoms with van der Waals surface area (Å²) < 4.78 is 5.07. The molecule has 148 valence electrons. The van der Waals surface area contributed by atoms with Gasteiger partial charge in [0.05, 0.1) is 18.4 Å². The van der Waals surface area contributed by atoms with Gasteiger partial charge in [-0.3, -0.25) is 9.59 Å². The van der Waals surface area contributed by atoms with Crippen molar-refractivity contribution in [1.29, 1.82) is 0 Å². The number of anilines is 1. The summed E-state index contributed by atoms with van der Waals surface area (Å²) in [6.07, 6.45) is 0.604. The van der Waals surface area contributed by atoms with Gasteiger partial charge in [-0.2, -0.15) is 0 Å². The van der Waals surface area contributed by atoms with Crippen molar-refractivity contribution < 1.29 is 24.2 Å². The van der Waals surface area contributed by atoms with E-state index in [-0.39, 0.29) is 17.4 Å². The predicted octanol–water partition coefficient (Wildman–Crippen LogP) is 3.18. The number of hydrogen-bond donors (Lipinski definition) is 3. The van der Waals surface area contributed by atoms with E-state index in [9.17, 15) is 19.5 Å². The fraction of sp³-hybridized carbons (Fsp3) is 0.286. The van der Waals surface area contributed by atoms with Crippen molar-refractivity contribution in [3.63, 3.8) is 0 Å². The first-order valence-electron chi connectivity index (χ1n) is 8.95. The van der Waals surface area contributed by atoms with Crippen molar-refractivity contribution in [3.05, 3.63) is 59.7 Å². The Morgan fingerprint density at radius 3 is 2.25 bits per heavy atom. The summed E-state index contributed by atoms with van der Waals surface area (Å²) in [4.78, 5) is 36.6. The highest BCUT2D eigenvalue weighted by Crippen LogP contribution is 2.19. The number of aliphatic carboxylic acids is 1. The van der Waals surface area contributed by atoms with Crippen LogP contribution in [0.4, 0.5) is 5.69 Å². The number of ether oxygens (including phenoxy) is 1. The molecule has 2 aromatic carbocycles. The standard InChI is InChI=1S/C21H24N2O5/c1-4-13(2)18(21(26)27)23-20(25)16-7-5-6-8-17(16)22-19(24)14-9-11-15(28-3)12-10-14/h5-13,18H,4H2,1-3H3,(H,22,24)(H,23,25)(H,26,27)/t13-,18-/m0/s1. The molecule has 28 heavy (non-hydrogen) atoms. The van der Waals surface area contributed by atoms with Gasteiger partial charge in [0, 0.05) is 5.56 Å². The molecule has 3 N–H and O–H groups in total. The number of carbonyl (C=O) groups is 3. The lowest BCUT2D eigenvalue weighted by molar-refractivity contribution is -0.140. The van der Waals surface area contributed by atoms with E-state index in [1.165, 1.54) is 13.2 Å². The molecule has 0 spiro atoms. The minimum absolute atomic E-state index is 0.193. The molecule has 2 rings (SSSR count). The fourth-order valence-electron chi connectivity index (χ4n) is 2.63. The average molecular weight is 384 g/mol. The van der Waals surface area contributed by atoms with Crippen molar-refractivity contribution in [2.75, 3.05) is 12.4 Å². The van der Waals surface area contributed by atoms with Gasteiger partial charge in [-0.25, -0.2) is 4.79 Å². The molecule has 0 aromatic heterocycles. The zero-order valence-electron chi connectivity index (χ0n) is 16.1. The quantitative estimate of drug-likeness (QED) is 0.648. The lowest BCUT2D eigenvalue weighted by atomic mass is 9.98. The summed E-state index contributed by atoms with van der Waals surface area (Å²) in [5.41, 5.74) is 0.895. The van der Waals surface area contributed by atoms with Crippen LogP contribution in [-0.4, -0.2) is 36.0 Å². The van der Waals surface area contributed by atoms with Crippen molar-refractivity contribution in [1.82, 2.24) is 5.32 Å². The summed E-state index contributed by atoms with van der Waals surface area (Å²) in [7, 11) is 1.54. The Hall–Kier alpha value is -3.35. The number of nitrogens with one attached hydrogen (secondary N) is 2. The predicted molar refractivity (Wildman–Crippen MR) is 106 cm³/mol. The van der Waals surface area contributed by atoms with Gasteiger partial charge in [-0.05, 0) is 42.3 Å². The van der Waals surface area contributed by atoms with Crippen molar-refractivity contribution >= 4 is 23.5 Å². The molecule has 0 bridgehead atoms. The molecular weight excluding hydrogens is 360 g/mol. The van der Waals surface area contributed by atoms with E-state index in [0.29, 0.717) is 23.4 Å². The maximum atomic E-state index is 12.7. The van der Waals surface area contributed by atoms with Gasteiger partial charge in [0.1, 0.15) is 11.8 Å². The Balaban J connectivity index is 2.20. The highest BCUT2D eigenvalue weighted by atomic mass is 16.5. The Morgan fingerprint density at radius 2 is 1.68 bits per heavy atom. The van der Waals surface area contributed by atoms with Crippen LogP contribution in [0.5, 0.6) is 5.75 Å². The molecule has 0 heterocycles. The molecule has 2 aromatic rings. The number of amides is 2. The number of hydrogen-bond acceptors (Lipinski definition) is 4. The molecule has 0 fully saturated rings. The van der Waals surface area contributed by atoms with Crippen LogP contribution in [-0.2, 0) is 4.79 Å². The van der Waals surface area contributed by atoms with E-state index in [2.05, 4.69) is 10.6 Å². The van der Waals surface area contributed by atoms with E-state index in [1.54, 1.807) is 49.4 Å². The zero-order valence-corrected chi connectivity index (χ0v) is 16.1.